The zero-order valence-electron chi connectivity index (χ0n) is 13.1. The van der Waals surface area contributed by atoms with E-state index in [1.807, 2.05) is 29.2 Å². The number of nitrogen functional groups attached to an aromatic ring is 1. The first kappa shape index (κ1) is 15.1. The molecule has 0 atom stereocenters. The highest BCUT2D eigenvalue weighted by molar-refractivity contribution is 5.94. The number of carbonyl (C=O) groups excluding carboxylic acids is 1. The van der Waals surface area contributed by atoms with Gasteiger partial charge in [0.1, 0.15) is 11.6 Å². The molecule has 0 unspecified atom stereocenters. The molecule has 6 heteroatoms. The first-order chi connectivity index (χ1) is 11.2. The van der Waals surface area contributed by atoms with Crippen LogP contribution in [0.1, 0.15) is 10.4 Å². The molecule has 1 aliphatic heterocycles. The molecule has 120 valence electrons. The SMILES string of the molecule is COc1ccccc1N1CCN(C(=O)c2ccnc(N)c2)CC1. The molecule has 0 saturated carbocycles. The Kier molecular flexibility index (Phi) is 4.32. The lowest BCUT2D eigenvalue weighted by Crippen LogP contribution is -2.48. The van der Waals surface area contributed by atoms with E-state index in [4.69, 9.17) is 10.5 Å². The van der Waals surface area contributed by atoms with Crippen LogP contribution >= 0.6 is 0 Å². The monoisotopic (exact) mass is 312 g/mol. The van der Waals surface area contributed by atoms with Crippen LogP contribution in [-0.2, 0) is 0 Å². The Morgan fingerprint density at radius 3 is 2.61 bits per heavy atom. The maximum Gasteiger partial charge on any atom is 0.254 e. The van der Waals surface area contributed by atoms with Crippen molar-refractivity contribution < 1.29 is 9.53 Å². The highest BCUT2D eigenvalue weighted by Gasteiger charge is 2.23. The standard InChI is InChI=1S/C17H20N4O2/c1-23-15-5-3-2-4-14(15)20-8-10-21(11-9-20)17(22)13-6-7-19-16(18)12-13/h2-7,12H,8-11H2,1H3,(H2,18,19). The summed E-state index contributed by atoms with van der Waals surface area (Å²) in [4.78, 5) is 20.5. The van der Waals surface area contributed by atoms with Crippen molar-refractivity contribution >= 4 is 17.4 Å². The summed E-state index contributed by atoms with van der Waals surface area (Å²) in [6, 6.07) is 11.3. The number of hydrogen-bond acceptors (Lipinski definition) is 5. The second-order valence-electron chi connectivity index (χ2n) is 5.42. The minimum Gasteiger partial charge on any atom is -0.495 e. The average Bonchev–Trinajstić information content (AvgIpc) is 2.61. The Balaban J connectivity index is 1.67. The first-order valence-electron chi connectivity index (χ1n) is 7.58. The van der Waals surface area contributed by atoms with E-state index >= 15 is 0 Å². The summed E-state index contributed by atoms with van der Waals surface area (Å²) in [6.45, 7) is 2.87. The molecule has 23 heavy (non-hydrogen) atoms. The minimum atomic E-state index is -0.00113. The number of anilines is 2. The normalized spacial score (nSPS) is 14.7. The number of pyridine rings is 1. The Hall–Kier alpha value is -2.76. The summed E-state index contributed by atoms with van der Waals surface area (Å²) in [5.41, 5.74) is 7.30. The molecular formula is C17H20N4O2. The molecule has 0 radical (unpaired) electrons. The molecule has 2 N–H and O–H groups in total. The molecule has 1 aliphatic rings. The number of nitrogens with two attached hydrogens (primary N) is 1. The van der Waals surface area contributed by atoms with Crippen LogP contribution in [0.4, 0.5) is 11.5 Å². The van der Waals surface area contributed by atoms with Crippen molar-refractivity contribution in [3.63, 3.8) is 0 Å². The summed E-state index contributed by atoms with van der Waals surface area (Å²) < 4.78 is 5.41. The van der Waals surface area contributed by atoms with Gasteiger partial charge in [-0.3, -0.25) is 4.79 Å². The van der Waals surface area contributed by atoms with Crippen LogP contribution in [0.5, 0.6) is 5.75 Å². The van der Waals surface area contributed by atoms with E-state index in [2.05, 4.69) is 9.88 Å². The van der Waals surface area contributed by atoms with Gasteiger partial charge in [0.05, 0.1) is 12.8 Å². The number of piperazine rings is 1. The third kappa shape index (κ3) is 3.21. The number of amides is 1. The minimum absolute atomic E-state index is 0.00113. The molecule has 1 fully saturated rings. The summed E-state index contributed by atoms with van der Waals surface area (Å²) in [5, 5.41) is 0. The van der Waals surface area contributed by atoms with Crippen molar-refractivity contribution in [1.82, 2.24) is 9.88 Å². The van der Waals surface area contributed by atoms with Crippen molar-refractivity contribution in [1.29, 1.82) is 0 Å². The van der Waals surface area contributed by atoms with E-state index in [0.29, 0.717) is 24.5 Å². The van der Waals surface area contributed by atoms with Crippen molar-refractivity contribution in [2.24, 2.45) is 0 Å². The van der Waals surface area contributed by atoms with Crippen molar-refractivity contribution in [2.75, 3.05) is 43.9 Å². The van der Waals surface area contributed by atoms with Crippen LogP contribution in [0.15, 0.2) is 42.6 Å². The lowest BCUT2D eigenvalue weighted by atomic mass is 10.2. The molecular weight excluding hydrogens is 292 g/mol. The Labute approximate surface area is 135 Å². The molecule has 1 amide bonds. The maximum atomic E-state index is 12.5. The average molecular weight is 312 g/mol. The number of ether oxygens (including phenoxy) is 1. The predicted molar refractivity (Wildman–Crippen MR) is 89.8 cm³/mol. The fraction of sp³-hybridized carbons (Fsp3) is 0.294. The van der Waals surface area contributed by atoms with Gasteiger partial charge in [-0.15, -0.1) is 0 Å². The van der Waals surface area contributed by atoms with Gasteiger partial charge in [-0.2, -0.15) is 0 Å². The largest absolute Gasteiger partial charge is 0.495 e. The number of aromatic nitrogens is 1. The highest BCUT2D eigenvalue weighted by atomic mass is 16.5. The zero-order valence-corrected chi connectivity index (χ0v) is 13.1. The number of benzene rings is 1. The number of rotatable bonds is 3. The van der Waals surface area contributed by atoms with Crippen molar-refractivity contribution in [2.45, 2.75) is 0 Å². The molecule has 1 saturated heterocycles. The van der Waals surface area contributed by atoms with Gasteiger partial charge in [-0.25, -0.2) is 4.98 Å². The quantitative estimate of drug-likeness (QED) is 0.933. The zero-order chi connectivity index (χ0) is 16.2. The molecule has 0 spiro atoms. The third-order valence-corrected chi connectivity index (χ3v) is 4.02. The second kappa shape index (κ2) is 6.56. The van der Waals surface area contributed by atoms with Gasteiger partial charge in [0.15, 0.2) is 0 Å². The molecule has 1 aromatic carbocycles. The fourth-order valence-electron chi connectivity index (χ4n) is 2.81. The molecule has 0 bridgehead atoms. The summed E-state index contributed by atoms with van der Waals surface area (Å²) in [7, 11) is 1.67. The van der Waals surface area contributed by atoms with E-state index in [9.17, 15) is 4.79 Å². The van der Waals surface area contributed by atoms with Gasteiger partial charge in [0, 0.05) is 37.9 Å². The van der Waals surface area contributed by atoms with Gasteiger partial charge < -0.3 is 20.3 Å². The maximum absolute atomic E-state index is 12.5. The Morgan fingerprint density at radius 2 is 1.91 bits per heavy atom. The van der Waals surface area contributed by atoms with Crippen molar-refractivity contribution in [3.05, 3.63) is 48.2 Å². The van der Waals surface area contributed by atoms with Gasteiger partial charge in [-0.1, -0.05) is 12.1 Å². The topological polar surface area (TPSA) is 71.7 Å². The summed E-state index contributed by atoms with van der Waals surface area (Å²) in [5.74, 6) is 1.22. The lowest BCUT2D eigenvalue weighted by molar-refractivity contribution is 0.0746. The van der Waals surface area contributed by atoms with Crippen LogP contribution in [-0.4, -0.2) is 49.1 Å². The highest BCUT2D eigenvalue weighted by Crippen LogP contribution is 2.28. The molecule has 2 aromatic rings. The van der Waals surface area contributed by atoms with Crippen LogP contribution in [0, 0.1) is 0 Å². The Bertz CT molecular complexity index is 696. The fourth-order valence-corrected chi connectivity index (χ4v) is 2.81. The van der Waals surface area contributed by atoms with Gasteiger partial charge in [0.2, 0.25) is 0 Å². The van der Waals surface area contributed by atoms with Crippen LogP contribution in [0.2, 0.25) is 0 Å². The molecule has 1 aromatic heterocycles. The molecule has 3 rings (SSSR count). The van der Waals surface area contributed by atoms with E-state index in [-0.39, 0.29) is 5.91 Å². The number of hydrogen-bond donors (Lipinski definition) is 1. The molecule has 2 heterocycles. The van der Waals surface area contributed by atoms with Gasteiger partial charge >= 0.3 is 0 Å². The van der Waals surface area contributed by atoms with E-state index in [1.165, 1.54) is 0 Å². The summed E-state index contributed by atoms with van der Waals surface area (Å²) >= 11 is 0. The summed E-state index contributed by atoms with van der Waals surface area (Å²) in [6.07, 6.45) is 1.56. The molecule has 0 aliphatic carbocycles. The smallest absolute Gasteiger partial charge is 0.254 e. The third-order valence-electron chi connectivity index (χ3n) is 4.02. The molecule has 6 nitrogen and oxygen atoms in total. The van der Waals surface area contributed by atoms with Crippen LogP contribution in [0.3, 0.4) is 0 Å². The van der Waals surface area contributed by atoms with E-state index in [0.717, 1.165) is 24.5 Å². The number of methoxy groups -OCH3 is 1. The lowest BCUT2D eigenvalue weighted by Gasteiger charge is -2.36. The van der Waals surface area contributed by atoms with Crippen molar-refractivity contribution in [3.8, 4) is 5.75 Å². The van der Waals surface area contributed by atoms with Gasteiger partial charge in [-0.05, 0) is 24.3 Å². The number of carbonyl (C=O) groups is 1. The van der Waals surface area contributed by atoms with E-state index in [1.54, 1.807) is 25.4 Å². The van der Waals surface area contributed by atoms with E-state index < -0.39 is 0 Å². The van der Waals surface area contributed by atoms with Gasteiger partial charge in [0.25, 0.3) is 5.91 Å². The number of nitrogens with zero attached hydrogens (tertiary/aromatic N) is 3. The second-order valence-corrected chi connectivity index (χ2v) is 5.42. The Morgan fingerprint density at radius 1 is 1.17 bits per heavy atom. The van der Waals surface area contributed by atoms with Crippen LogP contribution < -0.4 is 15.4 Å². The predicted octanol–water partition coefficient (Wildman–Crippen LogP) is 1.63. The number of para-hydroxylation sites is 2. The van der Waals surface area contributed by atoms with Crippen LogP contribution in [0.25, 0.3) is 0 Å². The first-order valence-corrected chi connectivity index (χ1v) is 7.58.